The van der Waals surface area contributed by atoms with Gasteiger partial charge in [-0.1, -0.05) is 96.3 Å². The van der Waals surface area contributed by atoms with Gasteiger partial charge in [0.25, 0.3) is 0 Å². The van der Waals surface area contributed by atoms with Crippen LogP contribution in [0.2, 0.25) is 0 Å². The molecule has 0 aliphatic heterocycles. The summed E-state index contributed by atoms with van der Waals surface area (Å²) in [5.74, 6) is -1.64. The molecule has 2 aromatic carbocycles. The first kappa shape index (κ1) is 29.3. The van der Waals surface area contributed by atoms with Crippen LogP contribution in [-0.4, -0.2) is 5.97 Å². The predicted molar refractivity (Wildman–Crippen MR) is 148 cm³/mol. The van der Waals surface area contributed by atoms with Gasteiger partial charge in [-0.2, -0.15) is 4.39 Å². The number of aryl methyl sites for hydroxylation is 1. The molecule has 37 heavy (non-hydrogen) atoms. The van der Waals surface area contributed by atoms with E-state index >= 15 is 0 Å². The Bertz CT molecular complexity index is 946. The first-order chi connectivity index (χ1) is 18.0. The van der Waals surface area contributed by atoms with Crippen molar-refractivity contribution in [3.63, 3.8) is 0 Å². The van der Waals surface area contributed by atoms with Gasteiger partial charge in [-0.05, 0) is 79.7 Å². The molecule has 0 saturated heterocycles. The molecule has 0 atom stereocenters. The standard InChI is InChI=1S/C33H46F2O2/c1-3-5-7-8-9-10-12-13-25-15-17-26(18-16-25)27-19-21-29(22-20-27)33(36)37-30-24-23-28(14-11-6-4-2)31(34)32(30)35/h19-26H,3-18H2,1-2H3/t25-,26-. The minimum absolute atomic E-state index is 0.326. The molecule has 1 saturated carbocycles. The Labute approximate surface area is 223 Å². The molecule has 2 nitrogen and oxygen atoms in total. The number of ether oxygens (including phenoxy) is 1. The molecule has 0 bridgehead atoms. The van der Waals surface area contributed by atoms with Gasteiger partial charge in [0.2, 0.25) is 5.82 Å². The monoisotopic (exact) mass is 512 g/mol. The van der Waals surface area contributed by atoms with Crippen molar-refractivity contribution < 1.29 is 18.3 Å². The van der Waals surface area contributed by atoms with Crippen LogP contribution in [0.4, 0.5) is 8.78 Å². The van der Waals surface area contributed by atoms with Crippen molar-refractivity contribution in [1.82, 2.24) is 0 Å². The minimum atomic E-state index is -1.09. The number of carbonyl (C=O) groups is 1. The van der Waals surface area contributed by atoms with E-state index in [1.807, 2.05) is 12.1 Å². The highest BCUT2D eigenvalue weighted by molar-refractivity contribution is 5.91. The van der Waals surface area contributed by atoms with Crippen LogP contribution in [0, 0.1) is 17.6 Å². The Morgan fingerprint density at radius 3 is 2.05 bits per heavy atom. The highest BCUT2D eigenvalue weighted by atomic mass is 19.2. The van der Waals surface area contributed by atoms with Crippen LogP contribution in [0.15, 0.2) is 36.4 Å². The largest absolute Gasteiger partial charge is 0.420 e. The minimum Gasteiger partial charge on any atom is -0.420 e. The Morgan fingerprint density at radius 2 is 1.38 bits per heavy atom. The molecule has 1 fully saturated rings. The summed E-state index contributed by atoms with van der Waals surface area (Å²) in [4.78, 5) is 12.6. The van der Waals surface area contributed by atoms with Crippen LogP contribution in [0.1, 0.15) is 138 Å². The maximum atomic E-state index is 14.5. The highest BCUT2D eigenvalue weighted by Gasteiger charge is 2.23. The quantitative estimate of drug-likeness (QED) is 0.135. The molecule has 3 rings (SSSR count). The number of benzene rings is 2. The molecular formula is C33H46F2O2. The van der Waals surface area contributed by atoms with Crippen molar-refractivity contribution >= 4 is 5.97 Å². The third-order valence-corrected chi connectivity index (χ3v) is 8.06. The van der Waals surface area contributed by atoms with Crippen molar-refractivity contribution in [3.8, 4) is 5.75 Å². The lowest BCUT2D eigenvalue weighted by molar-refractivity contribution is 0.0726. The summed E-state index contributed by atoms with van der Waals surface area (Å²) in [5.41, 5.74) is 1.93. The summed E-state index contributed by atoms with van der Waals surface area (Å²) in [7, 11) is 0. The summed E-state index contributed by atoms with van der Waals surface area (Å²) in [5, 5.41) is 0. The number of halogens is 2. The number of unbranched alkanes of at least 4 members (excludes halogenated alkanes) is 8. The summed E-state index contributed by atoms with van der Waals surface area (Å²) in [6.07, 6.45) is 19.2. The van der Waals surface area contributed by atoms with E-state index in [4.69, 9.17) is 4.74 Å². The number of rotatable bonds is 15. The fourth-order valence-corrected chi connectivity index (χ4v) is 5.63. The van der Waals surface area contributed by atoms with E-state index in [2.05, 4.69) is 13.8 Å². The molecule has 2 aromatic rings. The molecule has 0 unspecified atom stereocenters. The smallest absolute Gasteiger partial charge is 0.343 e. The normalized spacial score (nSPS) is 17.6. The maximum absolute atomic E-state index is 14.5. The van der Waals surface area contributed by atoms with Gasteiger partial charge in [-0.25, -0.2) is 9.18 Å². The SMILES string of the molecule is CCCCCCCCC[C@H]1CC[C@H](c2ccc(C(=O)Oc3ccc(CCCCC)c(F)c3F)cc2)CC1. The zero-order valence-corrected chi connectivity index (χ0v) is 23.0. The number of hydrogen-bond acceptors (Lipinski definition) is 2. The van der Waals surface area contributed by atoms with Crippen LogP contribution >= 0.6 is 0 Å². The molecular weight excluding hydrogens is 466 g/mol. The molecule has 0 heterocycles. The Kier molecular flexibility index (Phi) is 12.6. The lowest BCUT2D eigenvalue weighted by Gasteiger charge is -2.29. The Morgan fingerprint density at radius 1 is 0.757 bits per heavy atom. The van der Waals surface area contributed by atoms with Gasteiger partial charge in [0.15, 0.2) is 11.6 Å². The van der Waals surface area contributed by atoms with Crippen LogP contribution in [0.3, 0.4) is 0 Å². The van der Waals surface area contributed by atoms with Gasteiger partial charge in [0.1, 0.15) is 0 Å². The van der Waals surface area contributed by atoms with E-state index < -0.39 is 17.6 Å². The zero-order valence-electron chi connectivity index (χ0n) is 23.0. The first-order valence-corrected chi connectivity index (χ1v) is 14.8. The van der Waals surface area contributed by atoms with E-state index in [0.29, 0.717) is 23.5 Å². The molecule has 1 aliphatic rings. The van der Waals surface area contributed by atoms with Gasteiger partial charge in [-0.15, -0.1) is 0 Å². The van der Waals surface area contributed by atoms with E-state index in [1.54, 1.807) is 12.1 Å². The second-order valence-corrected chi connectivity index (χ2v) is 10.9. The number of hydrogen-bond donors (Lipinski definition) is 0. The van der Waals surface area contributed by atoms with Crippen molar-refractivity contribution in [2.45, 2.75) is 122 Å². The van der Waals surface area contributed by atoms with Crippen LogP contribution in [0.5, 0.6) is 5.75 Å². The van der Waals surface area contributed by atoms with Gasteiger partial charge >= 0.3 is 5.97 Å². The van der Waals surface area contributed by atoms with Gasteiger partial charge in [-0.3, -0.25) is 0 Å². The van der Waals surface area contributed by atoms with Crippen LogP contribution in [0.25, 0.3) is 0 Å². The third kappa shape index (κ3) is 9.23. The molecule has 0 N–H and O–H groups in total. The van der Waals surface area contributed by atoms with Crippen molar-refractivity contribution in [3.05, 3.63) is 64.7 Å². The van der Waals surface area contributed by atoms with Gasteiger partial charge < -0.3 is 4.74 Å². The predicted octanol–water partition coefficient (Wildman–Crippen LogP) is 10.3. The molecule has 0 radical (unpaired) electrons. The maximum Gasteiger partial charge on any atom is 0.343 e. The van der Waals surface area contributed by atoms with Gasteiger partial charge in [0.05, 0.1) is 5.56 Å². The van der Waals surface area contributed by atoms with E-state index in [-0.39, 0.29) is 5.75 Å². The number of esters is 1. The van der Waals surface area contributed by atoms with Gasteiger partial charge in [0, 0.05) is 0 Å². The third-order valence-electron chi connectivity index (χ3n) is 8.06. The molecule has 0 amide bonds. The van der Waals surface area contributed by atoms with Crippen molar-refractivity contribution in [2.75, 3.05) is 0 Å². The average Bonchev–Trinajstić information content (AvgIpc) is 2.92. The fraction of sp³-hybridized carbons (Fsp3) is 0.606. The summed E-state index contributed by atoms with van der Waals surface area (Å²) in [6, 6.07) is 10.4. The highest BCUT2D eigenvalue weighted by Crippen LogP contribution is 2.38. The van der Waals surface area contributed by atoms with E-state index in [9.17, 15) is 13.6 Å². The van der Waals surface area contributed by atoms with Crippen molar-refractivity contribution in [2.24, 2.45) is 5.92 Å². The lowest BCUT2D eigenvalue weighted by atomic mass is 9.77. The van der Waals surface area contributed by atoms with Crippen molar-refractivity contribution in [1.29, 1.82) is 0 Å². The zero-order chi connectivity index (χ0) is 26.5. The Hall–Kier alpha value is -2.23. The molecule has 0 spiro atoms. The molecule has 0 aromatic heterocycles. The van der Waals surface area contributed by atoms with E-state index in [0.717, 1.165) is 25.2 Å². The summed E-state index contributed by atoms with van der Waals surface area (Å²) < 4.78 is 34.1. The Balaban J connectivity index is 1.44. The second-order valence-electron chi connectivity index (χ2n) is 10.9. The fourth-order valence-electron chi connectivity index (χ4n) is 5.63. The van der Waals surface area contributed by atoms with Crippen LogP contribution in [-0.2, 0) is 6.42 Å². The first-order valence-electron chi connectivity index (χ1n) is 14.8. The lowest BCUT2D eigenvalue weighted by Crippen LogP contribution is -2.14. The summed E-state index contributed by atoms with van der Waals surface area (Å²) in [6.45, 7) is 4.33. The number of carbonyl (C=O) groups excluding carboxylic acids is 1. The molecule has 204 valence electrons. The molecule has 1 aliphatic carbocycles. The molecule has 4 heteroatoms. The average molecular weight is 513 g/mol. The topological polar surface area (TPSA) is 26.3 Å². The second kappa shape index (κ2) is 15.9. The van der Waals surface area contributed by atoms with E-state index in [1.165, 1.54) is 94.7 Å². The summed E-state index contributed by atoms with van der Waals surface area (Å²) >= 11 is 0. The van der Waals surface area contributed by atoms with Crippen LogP contribution < -0.4 is 4.74 Å².